The van der Waals surface area contributed by atoms with E-state index in [1.165, 1.54) is 18.4 Å². The van der Waals surface area contributed by atoms with E-state index in [0.717, 1.165) is 24.9 Å². The molecular weight excluding hydrogens is 236 g/mol. The van der Waals surface area contributed by atoms with Crippen molar-refractivity contribution in [3.8, 4) is 0 Å². The molecule has 1 saturated carbocycles. The zero-order valence-corrected chi connectivity index (χ0v) is 11.7. The lowest BCUT2D eigenvalue weighted by atomic mass is 10.1. The summed E-state index contributed by atoms with van der Waals surface area (Å²) in [6, 6.07) is 8.83. The quantitative estimate of drug-likeness (QED) is 0.825. The molecule has 0 unspecified atom stereocenters. The molecule has 0 aliphatic heterocycles. The molecule has 1 aliphatic carbocycles. The molecule has 19 heavy (non-hydrogen) atoms. The Bertz CT molecular complexity index is 394. The molecule has 1 aliphatic rings. The summed E-state index contributed by atoms with van der Waals surface area (Å²) in [7, 11) is 0. The van der Waals surface area contributed by atoms with Crippen molar-refractivity contribution in [2.75, 3.05) is 11.9 Å². The van der Waals surface area contributed by atoms with Gasteiger partial charge in [-0.25, -0.2) is 0 Å². The van der Waals surface area contributed by atoms with Crippen LogP contribution in [-0.2, 0) is 11.2 Å². The Kier molecular flexibility index (Phi) is 5.25. The smallest absolute Gasteiger partial charge is 0.221 e. The molecule has 1 amide bonds. The number of hydrogen-bond acceptors (Lipinski definition) is 2. The average molecular weight is 260 g/mol. The predicted molar refractivity (Wildman–Crippen MR) is 79.3 cm³/mol. The topological polar surface area (TPSA) is 41.1 Å². The fourth-order valence-corrected chi connectivity index (χ4v) is 2.55. The van der Waals surface area contributed by atoms with Crippen molar-refractivity contribution >= 4 is 11.6 Å². The van der Waals surface area contributed by atoms with Gasteiger partial charge in [-0.3, -0.25) is 4.79 Å². The van der Waals surface area contributed by atoms with E-state index < -0.39 is 0 Å². The van der Waals surface area contributed by atoms with Crippen molar-refractivity contribution in [3.05, 3.63) is 29.8 Å². The normalized spacial score (nSPS) is 15.4. The van der Waals surface area contributed by atoms with Crippen LogP contribution >= 0.6 is 0 Å². The SMILES string of the molecule is CCc1ccc(NCCC(=O)NC2CCCC2)cc1. The van der Waals surface area contributed by atoms with Crippen molar-refractivity contribution < 1.29 is 4.79 Å². The lowest BCUT2D eigenvalue weighted by Crippen LogP contribution is -2.33. The highest BCUT2D eigenvalue weighted by Crippen LogP contribution is 2.17. The Balaban J connectivity index is 1.65. The number of carbonyl (C=O) groups is 1. The van der Waals surface area contributed by atoms with Gasteiger partial charge in [0.15, 0.2) is 0 Å². The first-order valence-electron chi connectivity index (χ1n) is 7.40. The minimum atomic E-state index is 0.171. The molecule has 2 N–H and O–H groups in total. The molecule has 104 valence electrons. The van der Waals surface area contributed by atoms with Crippen LogP contribution in [0.15, 0.2) is 24.3 Å². The van der Waals surface area contributed by atoms with Crippen LogP contribution < -0.4 is 10.6 Å². The number of rotatable bonds is 6. The van der Waals surface area contributed by atoms with Gasteiger partial charge in [0.05, 0.1) is 0 Å². The van der Waals surface area contributed by atoms with Crippen LogP contribution in [0.4, 0.5) is 5.69 Å². The summed E-state index contributed by atoms with van der Waals surface area (Å²) in [6.07, 6.45) is 6.42. The molecule has 3 heteroatoms. The Morgan fingerprint density at radius 1 is 1.21 bits per heavy atom. The van der Waals surface area contributed by atoms with Gasteiger partial charge >= 0.3 is 0 Å². The highest BCUT2D eigenvalue weighted by atomic mass is 16.1. The van der Waals surface area contributed by atoms with E-state index in [-0.39, 0.29) is 5.91 Å². The van der Waals surface area contributed by atoms with Crippen molar-refractivity contribution in [3.63, 3.8) is 0 Å². The summed E-state index contributed by atoms with van der Waals surface area (Å²) >= 11 is 0. The molecule has 0 heterocycles. The van der Waals surface area contributed by atoms with E-state index >= 15 is 0 Å². The van der Waals surface area contributed by atoms with E-state index in [9.17, 15) is 4.79 Å². The second kappa shape index (κ2) is 7.17. The third-order valence-electron chi connectivity index (χ3n) is 3.76. The first-order chi connectivity index (χ1) is 9.28. The molecule has 2 rings (SSSR count). The highest BCUT2D eigenvalue weighted by molar-refractivity contribution is 5.76. The molecule has 0 bridgehead atoms. The zero-order chi connectivity index (χ0) is 13.5. The van der Waals surface area contributed by atoms with Crippen LogP contribution in [-0.4, -0.2) is 18.5 Å². The summed E-state index contributed by atoms with van der Waals surface area (Å²) in [5, 5.41) is 6.40. The van der Waals surface area contributed by atoms with Gasteiger partial charge in [0, 0.05) is 24.7 Å². The van der Waals surface area contributed by atoms with E-state index in [1.54, 1.807) is 0 Å². The fraction of sp³-hybridized carbons (Fsp3) is 0.562. The molecular formula is C16H24N2O. The highest BCUT2D eigenvalue weighted by Gasteiger charge is 2.16. The van der Waals surface area contributed by atoms with Crippen LogP contribution in [0.5, 0.6) is 0 Å². The zero-order valence-electron chi connectivity index (χ0n) is 11.7. The lowest BCUT2D eigenvalue weighted by Gasteiger charge is -2.12. The van der Waals surface area contributed by atoms with Crippen LogP contribution in [0.2, 0.25) is 0 Å². The monoisotopic (exact) mass is 260 g/mol. The van der Waals surface area contributed by atoms with Gasteiger partial charge in [0.1, 0.15) is 0 Å². The number of amides is 1. The van der Waals surface area contributed by atoms with Gasteiger partial charge in [-0.2, -0.15) is 0 Å². The van der Waals surface area contributed by atoms with E-state index in [4.69, 9.17) is 0 Å². The number of benzene rings is 1. The molecule has 0 radical (unpaired) electrons. The summed E-state index contributed by atoms with van der Waals surface area (Å²) in [5.41, 5.74) is 2.43. The van der Waals surface area contributed by atoms with Gasteiger partial charge in [-0.15, -0.1) is 0 Å². The van der Waals surface area contributed by atoms with Crippen LogP contribution in [0.25, 0.3) is 0 Å². The molecule has 0 spiro atoms. The Hall–Kier alpha value is -1.51. The molecule has 3 nitrogen and oxygen atoms in total. The van der Waals surface area contributed by atoms with Gasteiger partial charge in [0.25, 0.3) is 0 Å². The minimum Gasteiger partial charge on any atom is -0.385 e. The Morgan fingerprint density at radius 2 is 1.89 bits per heavy atom. The van der Waals surface area contributed by atoms with Crippen molar-refractivity contribution in [2.24, 2.45) is 0 Å². The molecule has 1 aromatic carbocycles. The van der Waals surface area contributed by atoms with Gasteiger partial charge < -0.3 is 10.6 Å². The third kappa shape index (κ3) is 4.58. The molecule has 0 atom stereocenters. The largest absolute Gasteiger partial charge is 0.385 e. The summed E-state index contributed by atoms with van der Waals surface area (Å²) in [5.74, 6) is 0.171. The number of carbonyl (C=O) groups excluding carboxylic acids is 1. The third-order valence-corrected chi connectivity index (χ3v) is 3.76. The molecule has 0 saturated heterocycles. The van der Waals surface area contributed by atoms with E-state index in [2.05, 4.69) is 41.8 Å². The first kappa shape index (κ1) is 13.9. The van der Waals surface area contributed by atoms with Gasteiger partial charge in [0.2, 0.25) is 5.91 Å². The summed E-state index contributed by atoms with van der Waals surface area (Å²) in [6.45, 7) is 2.85. The molecule has 1 fully saturated rings. The predicted octanol–water partition coefficient (Wildman–Crippen LogP) is 3.11. The average Bonchev–Trinajstić information content (AvgIpc) is 2.92. The maximum Gasteiger partial charge on any atom is 0.221 e. The van der Waals surface area contributed by atoms with E-state index in [1.807, 2.05) is 0 Å². The maximum atomic E-state index is 11.7. The Labute approximate surface area is 115 Å². The second-order valence-corrected chi connectivity index (χ2v) is 5.28. The molecule has 0 aromatic heterocycles. The summed E-state index contributed by atoms with van der Waals surface area (Å²) < 4.78 is 0. The Morgan fingerprint density at radius 3 is 2.53 bits per heavy atom. The minimum absolute atomic E-state index is 0.171. The first-order valence-corrected chi connectivity index (χ1v) is 7.40. The van der Waals surface area contributed by atoms with Crippen molar-refractivity contribution in [1.29, 1.82) is 0 Å². The van der Waals surface area contributed by atoms with Crippen LogP contribution in [0.1, 0.15) is 44.6 Å². The second-order valence-electron chi connectivity index (χ2n) is 5.28. The number of nitrogens with one attached hydrogen (secondary N) is 2. The van der Waals surface area contributed by atoms with Crippen molar-refractivity contribution in [2.45, 2.75) is 51.5 Å². The standard InChI is InChI=1S/C16H24N2O/c1-2-13-7-9-14(10-8-13)17-12-11-16(19)18-15-5-3-4-6-15/h7-10,15,17H,2-6,11-12H2,1H3,(H,18,19). The van der Waals surface area contributed by atoms with Gasteiger partial charge in [-0.05, 0) is 37.0 Å². The maximum absolute atomic E-state index is 11.7. The number of aryl methyl sites for hydroxylation is 1. The van der Waals surface area contributed by atoms with Crippen molar-refractivity contribution in [1.82, 2.24) is 5.32 Å². The summed E-state index contributed by atoms with van der Waals surface area (Å²) in [4.78, 5) is 11.7. The van der Waals surface area contributed by atoms with Gasteiger partial charge in [-0.1, -0.05) is 31.9 Å². The number of anilines is 1. The lowest BCUT2D eigenvalue weighted by molar-refractivity contribution is -0.121. The molecule has 1 aromatic rings. The van der Waals surface area contributed by atoms with Crippen LogP contribution in [0.3, 0.4) is 0 Å². The fourth-order valence-electron chi connectivity index (χ4n) is 2.55. The number of hydrogen-bond donors (Lipinski definition) is 2. The van der Waals surface area contributed by atoms with E-state index in [0.29, 0.717) is 19.0 Å². The van der Waals surface area contributed by atoms with Crippen LogP contribution in [0, 0.1) is 0 Å².